The van der Waals surface area contributed by atoms with Gasteiger partial charge in [0.25, 0.3) is 0 Å². The van der Waals surface area contributed by atoms with E-state index >= 15 is 0 Å². The summed E-state index contributed by atoms with van der Waals surface area (Å²) in [4.78, 5) is 11.7. The van der Waals surface area contributed by atoms with Gasteiger partial charge in [-0.1, -0.05) is 25.1 Å². The second-order valence-corrected chi connectivity index (χ2v) is 3.89. The van der Waals surface area contributed by atoms with Gasteiger partial charge in [0.15, 0.2) is 0 Å². The monoisotopic (exact) mass is 236 g/mol. The summed E-state index contributed by atoms with van der Waals surface area (Å²) < 4.78 is 10.5. The molecular formula is C14H20O3. The number of ketones is 1. The van der Waals surface area contributed by atoms with E-state index in [4.69, 9.17) is 9.47 Å². The van der Waals surface area contributed by atoms with E-state index < -0.39 is 0 Å². The first-order chi connectivity index (χ1) is 8.27. The molecule has 0 spiro atoms. The van der Waals surface area contributed by atoms with Crippen LogP contribution in [0.25, 0.3) is 0 Å². The molecule has 0 aromatic heterocycles. The molecule has 0 aliphatic carbocycles. The SMILES string of the molecule is CCCOCCC(=O)Cc1ccccc1OC. The van der Waals surface area contributed by atoms with E-state index in [0.717, 1.165) is 24.3 Å². The number of ether oxygens (including phenoxy) is 2. The highest BCUT2D eigenvalue weighted by Gasteiger charge is 2.07. The number of methoxy groups -OCH3 is 1. The Kier molecular flexibility index (Phi) is 6.33. The van der Waals surface area contributed by atoms with Crippen molar-refractivity contribution in [1.29, 1.82) is 0 Å². The summed E-state index contributed by atoms with van der Waals surface area (Å²) in [6.07, 6.45) is 1.87. The van der Waals surface area contributed by atoms with Crippen LogP contribution in [0.1, 0.15) is 25.3 Å². The first-order valence-corrected chi connectivity index (χ1v) is 5.99. The Labute approximate surface area is 103 Å². The van der Waals surface area contributed by atoms with E-state index in [-0.39, 0.29) is 5.78 Å². The van der Waals surface area contributed by atoms with Crippen molar-refractivity contribution >= 4 is 5.78 Å². The highest BCUT2D eigenvalue weighted by atomic mass is 16.5. The summed E-state index contributed by atoms with van der Waals surface area (Å²) >= 11 is 0. The zero-order chi connectivity index (χ0) is 12.5. The Balaban J connectivity index is 2.39. The van der Waals surface area contributed by atoms with E-state index in [2.05, 4.69) is 6.92 Å². The maximum Gasteiger partial charge on any atom is 0.139 e. The molecule has 0 saturated heterocycles. The van der Waals surface area contributed by atoms with Crippen LogP contribution in [0.3, 0.4) is 0 Å². The van der Waals surface area contributed by atoms with Crippen molar-refractivity contribution < 1.29 is 14.3 Å². The van der Waals surface area contributed by atoms with Gasteiger partial charge in [0, 0.05) is 25.0 Å². The van der Waals surface area contributed by atoms with Gasteiger partial charge in [-0.15, -0.1) is 0 Å². The molecule has 0 heterocycles. The normalized spacial score (nSPS) is 10.2. The molecule has 0 saturated carbocycles. The van der Waals surface area contributed by atoms with Crippen molar-refractivity contribution in [2.75, 3.05) is 20.3 Å². The number of Topliss-reactive ketones (excluding diaryl/α,β-unsaturated/α-hetero) is 1. The fourth-order valence-corrected chi connectivity index (χ4v) is 1.58. The largest absolute Gasteiger partial charge is 0.496 e. The molecule has 17 heavy (non-hydrogen) atoms. The lowest BCUT2D eigenvalue weighted by Crippen LogP contribution is -2.08. The number of benzene rings is 1. The molecule has 94 valence electrons. The van der Waals surface area contributed by atoms with Crippen molar-refractivity contribution in [3.63, 3.8) is 0 Å². The lowest BCUT2D eigenvalue weighted by molar-refractivity contribution is -0.119. The second kappa shape index (κ2) is 7.85. The Morgan fingerprint density at radius 2 is 2.00 bits per heavy atom. The van der Waals surface area contributed by atoms with Crippen LogP contribution in [0.2, 0.25) is 0 Å². The van der Waals surface area contributed by atoms with E-state index in [9.17, 15) is 4.79 Å². The topological polar surface area (TPSA) is 35.5 Å². The summed E-state index contributed by atoms with van der Waals surface area (Å²) in [7, 11) is 1.62. The standard InChI is InChI=1S/C14H20O3/c1-3-9-17-10-8-13(15)11-12-6-4-5-7-14(12)16-2/h4-7H,3,8-11H2,1-2H3. The van der Waals surface area contributed by atoms with Gasteiger partial charge in [-0.3, -0.25) is 4.79 Å². The average Bonchev–Trinajstić information content (AvgIpc) is 2.35. The predicted octanol–water partition coefficient (Wildman–Crippen LogP) is 2.62. The first kappa shape index (κ1) is 13.7. The number of hydrogen-bond donors (Lipinski definition) is 0. The summed E-state index contributed by atoms with van der Waals surface area (Å²) in [5.41, 5.74) is 0.940. The van der Waals surface area contributed by atoms with E-state index in [1.54, 1.807) is 7.11 Å². The van der Waals surface area contributed by atoms with Gasteiger partial charge in [-0.2, -0.15) is 0 Å². The van der Waals surface area contributed by atoms with Crippen LogP contribution in [-0.4, -0.2) is 26.1 Å². The lowest BCUT2D eigenvalue weighted by atomic mass is 10.1. The molecule has 3 nitrogen and oxygen atoms in total. The van der Waals surface area contributed by atoms with Crippen LogP contribution in [-0.2, 0) is 16.0 Å². The number of carbonyl (C=O) groups excluding carboxylic acids is 1. The zero-order valence-electron chi connectivity index (χ0n) is 10.6. The van der Waals surface area contributed by atoms with Gasteiger partial charge < -0.3 is 9.47 Å². The van der Waals surface area contributed by atoms with Crippen LogP contribution in [0, 0.1) is 0 Å². The average molecular weight is 236 g/mol. The smallest absolute Gasteiger partial charge is 0.139 e. The Hall–Kier alpha value is -1.35. The van der Waals surface area contributed by atoms with Gasteiger partial charge >= 0.3 is 0 Å². The van der Waals surface area contributed by atoms with Gasteiger partial charge in [0.05, 0.1) is 13.7 Å². The molecule has 3 heteroatoms. The third-order valence-electron chi connectivity index (χ3n) is 2.45. The van der Waals surface area contributed by atoms with Gasteiger partial charge in [0.1, 0.15) is 11.5 Å². The quantitative estimate of drug-likeness (QED) is 0.651. The van der Waals surface area contributed by atoms with E-state index in [1.807, 2.05) is 24.3 Å². The molecule has 0 aliphatic heterocycles. The summed E-state index contributed by atoms with van der Waals surface area (Å²) in [6, 6.07) is 7.61. The molecule has 0 fully saturated rings. The van der Waals surface area contributed by atoms with Crippen LogP contribution in [0.15, 0.2) is 24.3 Å². The molecule has 0 N–H and O–H groups in total. The van der Waals surface area contributed by atoms with Gasteiger partial charge in [0.2, 0.25) is 0 Å². The molecular weight excluding hydrogens is 216 g/mol. The molecule has 0 atom stereocenters. The molecule has 0 unspecified atom stereocenters. The molecule has 0 radical (unpaired) electrons. The molecule has 1 aromatic rings. The molecule has 0 amide bonds. The molecule has 0 bridgehead atoms. The number of para-hydroxylation sites is 1. The van der Waals surface area contributed by atoms with Crippen molar-refractivity contribution in [1.82, 2.24) is 0 Å². The maximum atomic E-state index is 11.7. The third kappa shape index (κ3) is 5.00. The van der Waals surface area contributed by atoms with Crippen molar-refractivity contribution in [3.05, 3.63) is 29.8 Å². The fourth-order valence-electron chi connectivity index (χ4n) is 1.58. The Morgan fingerprint density at radius 3 is 2.71 bits per heavy atom. The predicted molar refractivity (Wildman–Crippen MR) is 67.4 cm³/mol. The number of carbonyl (C=O) groups is 1. The fraction of sp³-hybridized carbons (Fsp3) is 0.500. The van der Waals surface area contributed by atoms with Crippen LogP contribution < -0.4 is 4.74 Å². The molecule has 0 aliphatic rings. The van der Waals surface area contributed by atoms with E-state index in [0.29, 0.717) is 19.4 Å². The first-order valence-electron chi connectivity index (χ1n) is 5.99. The second-order valence-electron chi connectivity index (χ2n) is 3.89. The van der Waals surface area contributed by atoms with Gasteiger partial charge in [-0.25, -0.2) is 0 Å². The highest BCUT2D eigenvalue weighted by molar-refractivity contribution is 5.81. The minimum Gasteiger partial charge on any atom is -0.496 e. The van der Waals surface area contributed by atoms with E-state index in [1.165, 1.54) is 0 Å². The third-order valence-corrected chi connectivity index (χ3v) is 2.45. The molecule has 1 aromatic carbocycles. The summed E-state index contributed by atoms with van der Waals surface area (Å²) in [5, 5.41) is 0. The van der Waals surface area contributed by atoms with Crippen molar-refractivity contribution in [2.24, 2.45) is 0 Å². The Bertz CT molecular complexity index is 347. The van der Waals surface area contributed by atoms with Crippen molar-refractivity contribution in [2.45, 2.75) is 26.2 Å². The maximum absolute atomic E-state index is 11.7. The molecule has 1 rings (SSSR count). The van der Waals surface area contributed by atoms with Crippen molar-refractivity contribution in [3.8, 4) is 5.75 Å². The van der Waals surface area contributed by atoms with Crippen LogP contribution in [0.4, 0.5) is 0 Å². The van der Waals surface area contributed by atoms with Gasteiger partial charge in [-0.05, 0) is 12.5 Å². The highest BCUT2D eigenvalue weighted by Crippen LogP contribution is 2.18. The lowest BCUT2D eigenvalue weighted by Gasteiger charge is -2.07. The number of rotatable bonds is 8. The summed E-state index contributed by atoms with van der Waals surface area (Å²) in [6.45, 7) is 3.29. The number of hydrogen-bond acceptors (Lipinski definition) is 3. The minimum atomic E-state index is 0.186. The minimum absolute atomic E-state index is 0.186. The van der Waals surface area contributed by atoms with Crippen LogP contribution >= 0.6 is 0 Å². The van der Waals surface area contributed by atoms with Crippen LogP contribution in [0.5, 0.6) is 5.75 Å². The zero-order valence-corrected chi connectivity index (χ0v) is 10.6. The Morgan fingerprint density at radius 1 is 1.24 bits per heavy atom. The summed E-state index contributed by atoms with van der Waals surface area (Å²) in [5.74, 6) is 0.959.